The Hall–Kier alpha value is -4.67. The number of aromatic nitrogens is 4. The lowest BCUT2D eigenvalue weighted by Gasteiger charge is -2.11. The number of carboxylic acid groups (broad SMARTS) is 1. The summed E-state index contributed by atoms with van der Waals surface area (Å²) in [4.78, 5) is 19.7. The summed E-state index contributed by atoms with van der Waals surface area (Å²) in [5.74, 6) is -1.00. The number of aliphatic carboxylic acids is 1. The Morgan fingerprint density at radius 1 is 1.08 bits per heavy atom. The van der Waals surface area contributed by atoms with Gasteiger partial charge in [-0.2, -0.15) is 4.98 Å². The number of rotatable bonds is 6. The first kappa shape index (κ1) is 23.7. The number of aryl methyl sites for hydroxylation is 1. The molecule has 0 bridgehead atoms. The lowest BCUT2D eigenvalue weighted by Crippen LogP contribution is -2.17. The molecule has 0 radical (unpaired) electrons. The highest BCUT2D eigenvalue weighted by molar-refractivity contribution is 5.86. The second-order valence-electron chi connectivity index (χ2n) is 9.04. The predicted molar refractivity (Wildman–Crippen MR) is 130 cm³/mol. The minimum Gasteiger partial charge on any atom is -0.481 e. The average Bonchev–Trinajstić information content (AvgIpc) is 3.59. The van der Waals surface area contributed by atoms with Gasteiger partial charge in [0.25, 0.3) is 5.89 Å². The number of benzene rings is 2. The standard InChI is InChI=1S/C27H19F3N4O4/c28-27(29,30)37-21-10-18(17-2-1-6-31-14-17)9-20(11-21)26-32-25(33-38-26)16-3-4-22-19(8-16)12-23-15(13-24(35)36)5-7-34(22)23/h1-4,6,8-12,14-15H,5,7,13H2,(H,35,36)/t15-/m1/s1. The van der Waals surface area contributed by atoms with E-state index in [1.54, 1.807) is 24.4 Å². The van der Waals surface area contributed by atoms with Crippen molar-refractivity contribution in [3.05, 3.63) is 72.7 Å². The molecule has 3 aromatic heterocycles. The SMILES string of the molecule is O=C(O)C[C@H]1CCn2c1cc1cc(-c3noc(-c4cc(OC(F)(F)F)cc(-c5cccnc5)c4)n3)ccc12. The van der Waals surface area contributed by atoms with Gasteiger partial charge in [-0.25, -0.2) is 0 Å². The van der Waals surface area contributed by atoms with Crippen molar-refractivity contribution in [3.8, 4) is 39.7 Å². The molecular formula is C27H19F3N4O4. The van der Waals surface area contributed by atoms with Gasteiger partial charge in [-0.05, 0) is 60.5 Å². The van der Waals surface area contributed by atoms with Crippen LogP contribution in [-0.4, -0.2) is 37.1 Å². The lowest BCUT2D eigenvalue weighted by atomic mass is 10.00. The molecule has 1 aliphatic heterocycles. The van der Waals surface area contributed by atoms with Crippen LogP contribution in [0.25, 0.3) is 44.9 Å². The molecule has 0 amide bonds. The van der Waals surface area contributed by atoms with E-state index in [-0.39, 0.29) is 29.6 Å². The zero-order chi connectivity index (χ0) is 26.4. The molecule has 0 saturated heterocycles. The molecule has 4 heterocycles. The molecule has 2 aromatic carbocycles. The molecule has 0 fully saturated rings. The zero-order valence-corrected chi connectivity index (χ0v) is 19.6. The summed E-state index contributed by atoms with van der Waals surface area (Å²) in [6.45, 7) is 0.748. The summed E-state index contributed by atoms with van der Waals surface area (Å²) in [7, 11) is 0. The van der Waals surface area contributed by atoms with Crippen LogP contribution in [0.4, 0.5) is 13.2 Å². The fraction of sp³-hybridized carbons (Fsp3) is 0.185. The van der Waals surface area contributed by atoms with E-state index in [1.807, 2.05) is 24.3 Å². The molecule has 1 aliphatic rings. The average molecular weight is 520 g/mol. The normalized spacial score (nSPS) is 15.1. The van der Waals surface area contributed by atoms with Crippen LogP contribution >= 0.6 is 0 Å². The van der Waals surface area contributed by atoms with Crippen LogP contribution in [0.3, 0.4) is 0 Å². The molecule has 192 valence electrons. The van der Waals surface area contributed by atoms with E-state index in [0.717, 1.165) is 29.6 Å². The maximum atomic E-state index is 13.0. The molecule has 0 aliphatic carbocycles. The number of ether oxygens (including phenoxy) is 1. The van der Waals surface area contributed by atoms with Gasteiger partial charge in [-0.15, -0.1) is 13.2 Å². The number of fused-ring (bicyclic) bond motifs is 3. The number of pyridine rings is 1. The Labute approximate surface area is 213 Å². The maximum Gasteiger partial charge on any atom is 0.573 e. The number of hydrogen-bond donors (Lipinski definition) is 1. The van der Waals surface area contributed by atoms with E-state index >= 15 is 0 Å². The van der Waals surface area contributed by atoms with Gasteiger partial charge in [-0.3, -0.25) is 9.78 Å². The van der Waals surface area contributed by atoms with Crippen molar-refractivity contribution < 1.29 is 32.3 Å². The molecule has 0 saturated carbocycles. The summed E-state index contributed by atoms with van der Waals surface area (Å²) in [6, 6.07) is 15.1. The number of hydrogen-bond acceptors (Lipinski definition) is 6. The second-order valence-corrected chi connectivity index (χ2v) is 9.04. The molecule has 1 atom stereocenters. The first-order valence-electron chi connectivity index (χ1n) is 11.7. The zero-order valence-electron chi connectivity index (χ0n) is 19.6. The first-order valence-corrected chi connectivity index (χ1v) is 11.7. The minimum atomic E-state index is -4.87. The Bertz CT molecular complexity index is 1660. The summed E-state index contributed by atoms with van der Waals surface area (Å²) >= 11 is 0. The third-order valence-corrected chi connectivity index (χ3v) is 6.54. The summed E-state index contributed by atoms with van der Waals surface area (Å²) in [5.41, 5.74) is 3.91. The molecule has 1 N–H and O–H groups in total. The fourth-order valence-electron chi connectivity index (χ4n) is 4.94. The van der Waals surface area contributed by atoms with E-state index in [1.165, 1.54) is 18.3 Å². The highest BCUT2D eigenvalue weighted by Crippen LogP contribution is 2.38. The van der Waals surface area contributed by atoms with Crippen LogP contribution in [0.1, 0.15) is 24.5 Å². The van der Waals surface area contributed by atoms with Crippen LogP contribution < -0.4 is 4.74 Å². The third-order valence-electron chi connectivity index (χ3n) is 6.54. The molecule has 38 heavy (non-hydrogen) atoms. The van der Waals surface area contributed by atoms with E-state index in [0.29, 0.717) is 16.7 Å². The van der Waals surface area contributed by atoms with Gasteiger partial charge in [0.05, 0.1) is 6.42 Å². The topological polar surface area (TPSA) is 103 Å². The van der Waals surface area contributed by atoms with Crippen molar-refractivity contribution in [1.29, 1.82) is 0 Å². The molecular weight excluding hydrogens is 501 g/mol. The third kappa shape index (κ3) is 4.58. The molecule has 8 nitrogen and oxygen atoms in total. The summed E-state index contributed by atoms with van der Waals surface area (Å²) in [6.07, 6.45) is -0.919. The molecule has 5 aromatic rings. The summed E-state index contributed by atoms with van der Waals surface area (Å²) < 4.78 is 50.7. The Kier molecular flexibility index (Phi) is 5.63. The number of carbonyl (C=O) groups is 1. The van der Waals surface area contributed by atoms with Crippen LogP contribution in [0, 0.1) is 0 Å². The number of halogens is 3. The van der Waals surface area contributed by atoms with Gasteiger partial charge < -0.3 is 18.9 Å². The van der Waals surface area contributed by atoms with Gasteiger partial charge >= 0.3 is 12.3 Å². The quantitative estimate of drug-likeness (QED) is 0.281. The molecule has 0 unspecified atom stereocenters. The minimum absolute atomic E-state index is 0.0266. The van der Waals surface area contributed by atoms with Crippen molar-refractivity contribution in [2.75, 3.05) is 0 Å². The van der Waals surface area contributed by atoms with E-state index in [9.17, 15) is 23.1 Å². The first-order chi connectivity index (χ1) is 18.2. The van der Waals surface area contributed by atoms with Gasteiger partial charge in [0.1, 0.15) is 5.75 Å². The maximum absolute atomic E-state index is 13.0. The predicted octanol–water partition coefficient (Wildman–Crippen LogP) is 6.28. The van der Waals surface area contributed by atoms with Gasteiger partial charge in [0.2, 0.25) is 5.82 Å². The second kappa shape index (κ2) is 9.02. The highest BCUT2D eigenvalue weighted by Gasteiger charge is 2.32. The van der Waals surface area contributed by atoms with E-state index < -0.39 is 18.1 Å². The van der Waals surface area contributed by atoms with E-state index in [2.05, 4.69) is 24.4 Å². The van der Waals surface area contributed by atoms with E-state index in [4.69, 9.17) is 4.52 Å². The van der Waals surface area contributed by atoms with Crippen LogP contribution in [-0.2, 0) is 11.3 Å². The van der Waals surface area contributed by atoms with Gasteiger partial charge in [0, 0.05) is 58.1 Å². The lowest BCUT2D eigenvalue weighted by molar-refractivity contribution is -0.274. The molecule has 11 heteroatoms. The van der Waals surface area contributed by atoms with Crippen LogP contribution in [0.2, 0.25) is 0 Å². The highest BCUT2D eigenvalue weighted by atomic mass is 19.4. The van der Waals surface area contributed by atoms with Crippen molar-refractivity contribution in [1.82, 2.24) is 19.7 Å². The Morgan fingerprint density at radius 2 is 1.92 bits per heavy atom. The van der Waals surface area contributed by atoms with Gasteiger partial charge in [-0.1, -0.05) is 11.2 Å². The van der Waals surface area contributed by atoms with Crippen molar-refractivity contribution in [2.24, 2.45) is 0 Å². The van der Waals surface area contributed by atoms with Crippen LogP contribution in [0.5, 0.6) is 5.75 Å². The Morgan fingerprint density at radius 3 is 2.68 bits per heavy atom. The van der Waals surface area contributed by atoms with Crippen molar-refractivity contribution in [3.63, 3.8) is 0 Å². The number of carboxylic acids is 1. The van der Waals surface area contributed by atoms with Gasteiger partial charge in [0.15, 0.2) is 0 Å². The molecule has 6 rings (SSSR count). The number of alkyl halides is 3. The molecule has 0 spiro atoms. The largest absolute Gasteiger partial charge is 0.573 e. The number of nitrogens with zero attached hydrogens (tertiary/aromatic N) is 4. The van der Waals surface area contributed by atoms with Crippen molar-refractivity contribution >= 4 is 16.9 Å². The van der Waals surface area contributed by atoms with Crippen LogP contribution in [0.15, 0.2) is 71.5 Å². The van der Waals surface area contributed by atoms with Crippen molar-refractivity contribution in [2.45, 2.75) is 31.7 Å². The fourth-order valence-corrected chi connectivity index (χ4v) is 4.94. The Balaban J connectivity index is 1.35. The summed E-state index contributed by atoms with van der Waals surface area (Å²) in [5, 5.41) is 14.2. The smallest absolute Gasteiger partial charge is 0.481 e. The monoisotopic (exact) mass is 520 g/mol.